The molecule has 2 rings (SSSR count). The lowest BCUT2D eigenvalue weighted by molar-refractivity contribution is -0.114. The maximum absolute atomic E-state index is 12.4. The van der Waals surface area contributed by atoms with Crippen LogP contribution in [0, 0.1) is 0 Å². The third-order valence-corrected chi connectivity index (χ3v) is 4.84. The summed E-state index contributed by atoms with van der Waals surface area (Å²) in [5, 5.41) is 0. The van der Waals surface area contributed by atoms with E-state index < -0.39 is 26.1 Å². The maximum Gasteiger partial charge on any atom is 0.501 e. The highest BCUT2D eigenvalue weighted by atomic mass is 32.2. The number of sulfone groups is 1. The highest BCUT2D eigenvalue weighted by Gasteiger charge is 2.46. The van der Waals surface area contributed by atoms with Gasteiger partial charge in [0.2, 0.25) is 5.91 Å². The van der Waals surface area contributed by atoms with Gasteiger partial charge in [-0.1, -0.05) is 6.08 Å². The number of nitrogens with zero attached hydrogens (tertiary/aromatic N) is 1. The largest absolute Gasteiger partial charge is 0.501 e. The molecular formula is C13H13F3N2O3S. The fraction of sp³-hybridized carbons (Fsp3) is 0.308. The second-order valence-corrected chi connectivity index (χ2v) is 6.67. The molecule has 1 aromatic rings. The molecule has 1 amide bonds. The van der Waals surface area contributed by atoms with E-state index in [2.05, 4.69) is 0 Å². The first-order valence-electron chi connectivity index (χ1n) is 6.28. The van der Waals surface area contributed by atoms with Gasteiger partial charge >= 0.3 is 5.51 Å². The molecule has 0 aromatic heterocycles. The van der Waals surface area contributed by atoms with Gasteiger partial charge in [0.05, 0.1) is 4.90 Å². The summed E-state index contributed by atoms with van der Waals surface area (Å²) in [6.07, 6.45) is 2.07. The number of anilines is 1. The molecule has 0 spiro atoms. The number of nitrogens with two attached hydrogens (primary N) is 1. The molecule has 0 bridgehead atoms. The van der Waals surface area contributed by atoms with Crippen molar-refractivity contribution in [2.24, 2.45) is 5.73 Å². The Bertz CT molecular complexity index is 709. The van der Waals surface area contributed by atoms with Crippen LogP contribution in [0.25, 0.3) is 0 Å². The first kappa shape index (κ1) is 16.3. The van der Waals surface area contributed by atoms with Crippen molar-refractivity contribution in [3.63, 3.8) is 0 Å². The van der Waals surface area contributed by atoms with Crippen LogP contribution in [0.15, 0.2) is 40.8 Å². The number of primary amides is 1. The van der Waals surface area contributed by atoms with Crippen molar-refractivity contribution in [2.45, 2.75) is 16.8 Å². The number of hydrogen-bond donors (Lipinski definition) is 1. The van der Waals surface area contributed by atoms with Gasteiger partial charge in [-0.05, 0) is 30.7 Å². The van der Waals surface area contributed by atoms with Crippen molar-refractivity contribution in [3.8, 4) is 0 Å². The standard InChI is InChI=1S/C13H13F3N2O3S/c14-13(15,16)22(20,21)11-3-1-10(2-4-11)18-7-5-9(6-8-18)12(17)19/h1-5H,6-8H2,(H2,17,19). The van der Waals surface area contributed by atoms with E-state index in [-0.39, 0.29) is 0 Å². The van der Waals surface area contributed by atoms with E-state index in [1.54, 1.807) is 11.0 Å². The molecule has 0 atom stereocenters. The van der Waals surface area contributed by atoms with Crippen LogP contribution in [-0.4, -0.2) is 32.9 Å². The molecular weight excluding hydrogens is 321 g/mol. The average Bonchev–Trinajstić information content (AvgIpc) is 2.46. The van der Waals surface area contributed by atoms with E-state index in [0.29, 0.717) is 30.8 Å². The topological polar surface area (TPSA) is 80.5 Å². The van der Waals surface area contributed by atoms with Crippen molar-refractivity contribution in [3.05, 3.63) is 35.9 Å². The molecule has 1 aliphatic heterocycles. The summed E-state index contributed by atoms with van der Waals surface area (Å²) in [6, 6.07) is 4.46. The first-order valence-corrected chi connectivity index (χ1v) is 7.76. The predicted molar refractivity (Wildman–Crippen MR) is 73.8 cm³/mol. The zero-order valence-electron chi connectivity index (χ0n) is 11.3. The second kappa shape index (κ2) is 5.64. The van der Waals surface area contributed by atoms with Gasteiger partial charge in [-0.25, -0.2) is 8.42 Å². The minimum absolute atomic E-state index is 0.379. The molecule has 0 unspecified atom stereocenters. The number of benzene rings is 1. The number of alkyl halides is 3. The Morgan fingerprint density at radius 2 is 1.77 bits per heavy atom. The Kier molecular flexibility index (Phi) is 4.19. The lowest BCUT2D eigenvalue weighted by Gasteiger charge is -2.27. The Hall–Kier alpha value is -2.03. The van der Waals surface area contributed by atoms with Crippen molar-refractivity contribution < 1.29 is 26.4 Å². The van der Waals surface area contributed by atoms with Crippen molar-refractivity contribution >= 4 is 21.4 Å². The lowest BCUT2D eigenvalue weighted by atomic mass is 10.1. The van der Waals surface area contributed by atoms with Gasteiger partial charge in [0.25, 0.3) is 9.84 Å². The van der Waals surface area contributed by atoms with Gasteiger partial charge in [0, 0.05) is 24.4 Å². The summed E-state index contributed by atoms with van der Waals surface area (Å²) < 4.78 is 59.8. The van der Waals surface area contributed by atoms with Gasteiger partial charge in [-0.3, -0.25) is 4.79 Å². The molecule has 0 radical (unpaired) electrons. The minimum atomic E-state index is -5.34. The molecule has 22 heavy (non-hydrogen) atoms. The summed E-state index contributed by atoms with van der Waals surface area (Å²) in [4.78, 5) is 12.0. The number of amides is 1. The molecule has 5 nitrogen and oxygen atoms in total. The predicted octanol–water partition coefficient (Wildman–Crippen LogP) is 1.60. The molecule has 0 aliphatic carbocycles. The summed E-state index contributed by atoms with van der Waals surface area (Å²) in [5.74, 6) is -0.494. The van der Waals surface area contributed by atoms with Gasteiger partial charge in [0.1, 0.15) is 0 Å². The zero-order valence-corrected chi connectivity index (χ0v) is 12.1. The summed E-state index contributed by atoms with van der Waals surface area (Å²) in [7, 11) is -5.34. The smallest absolute Gasteiger partial charge is 0.367 e. The van der Waals surface area contributed by atoms with Crippen LogP contribution >= 0.6 is 0 Å². The van der Waals surface area contributed by atoms with E-state index in [1.165, 1.54) is 12.1 Å². The summed E-state index contributed by atoms with van der Waals surface area (Å²) in [6.45, 7) is 0.851. The average molecular weight is 334 g/mol. The molecule has 9 heteroatoms. The molecule has 120 valence electrons. The number of hydrogen-bond acceptors (Lipinski definition) is 4. The van der Waals surface area contributed by atoms with E-state index >= 15 is 0 Å². The summed E-state index contributed by atoms with van der Waals surface area (Å²) in [5.41, 5.74) is 0.917. The maximum atomic E-state index is 12.4. The second-order valence-electron chi connectivity index (χ2n) is 4.73. The molecule has 1 aromatic carbocycles. The van der Waals surface area contributed by atoms with Crippen molar-refractivity contribution in [2.75, 3.05) is 18.0 Å². The van der Waals surface area contributed by atoms with Crippen LogP contribution in [0.4, 0.5) is 18.9 Å². The quantitative estimate of drug-likeness (QED) is 0.910. The molecule has 1 heterocycles. The van der Waals surface area contributed by atoms with E-state index in [9.17, 15) is 26.4 Å². The molecule has 2 N–H and O–H groups in total. The third kappa shape index (κ3) is 3.08. The zero-order chi connectivity index (χ0) is 16.5. The Morgan fingerprint density at radius 3 is 2.18 bits per heavy atom. The Balaban J connectivity index is 2.19. The van der Waals surface area contributed by atoms with Gasteiger partial charge < -0.3 is 10.6 Å². The van der Waals surface area contributed by atoms with Crippen LogP contribution in [0.5, 0.6) is 0 Å². The van der Waals surface area contributed by atoms with Gasteiger partial charge in [-0.15, -0.1) is 0 Å². The van der Waals surface area contributed by atoms with Gasteiger partial charge in [0.15, 0.2) is 0 Å². The van der Waals surface area contributed by atoms with Crippen molar-refractivity contribution in [1.29, 1.82) is 0 Å². The SMILES string of the molecule is NC(=O)C1=CCN(c2ccc(S(=O)(=O)C(F)(F)F)cc2)CC1. The Labute approximate surface area is 125 Å². The highest BCUT2D eigenvalue weighted by Crippen LogP contribution is 2.31. The molecule has 0 saturated carbocycles. The molecule has 0 saturated heterocycles. The number of rotatable bonds is 3. The fourth-order valence-corrected chi connectivity index (χ4v) is 2.86. The Morgan fingerprint density at radius 1 is 1.18 bits per heavy atom. The fourth-order valence-electron chi connectivity index (χ4n) is 2.10. The van der Waals surface area contributed by atoms with Gasteiger partial charge in [-0.2, -0.15) is 13.2 Å². The minimum Gasteiger partial charge on any atom is -0.367 e. The third-order valence-electron chi connectivity index (χ3n) is 3.34. The van der Waals surface area contributed by atoms with Crippen molar-refractivity contribution in [1.82, 2.24) is 0 Å². The van der Waals surface area contributed by atoms with Crippen LogP contribution in [0.2, 0.25) is 0 Å². The number of carbonyl (C=O) groups excluding carboxylic acids is 1. The molecule has 1 aliphatic rings. The van der Waals surface area contributed by atoms with Crippen LogP contribution in [0.3, 0.4) is 0 Å². The van der Waals surface area contributed by atoms with Crippen LogP contribution in [0.1, 0.15) is 6.42 Å². The highest BCUT2D eigenvalue weighted by molar-refractivity contribution is 7.92. The first-order chi connectivity index (χ1) is 10.1. The van der Waals surface area contributed by atoms with E-state index in [4.69, 9.17) is 5.73 Å². The van der Waals surface area contributed by atoms with E-state index in [0.717, 1.165) is 12.1 Å². The van der Waals surface area contributed by atoms with Crippen LogP contribution < -0.4 is 10.6 Å². The van der Waals surface area contributed by atoms with E-state index in [1.807, 2.05) is 0 Å². The number of carbonyl (C=O) groups is 1. The monoisotopic (exact) mass is 334 g/mol. The van der Waals surface area contributed by atoms with Crippen LogP contribution in [-0.2, 0) is 14.6 Å². The normalized spacial score (nSPS) is 16.3. The summed E-state index contributed by atoms with van der Waals surface area (Å²) >= 11 is 0. The lowest BCUT2D eigenvalue weighted by Crippen LogP contribution is -2.31. The number of halogens is 3. The molecule has 0 fully saturated rings.